The van der Waals surface area contributed by atoms with E-state index >= 15 is 0 Å². The topological polar surface area (TPSA) is 69.6 Å². The summed E-state index contributed by atoms with van der Waals surface area (Å²) in [5.41, 5.74) is 2.07. The van der Waals surface area contributed by atoms with Crippen molar-refractivity contribution in [3.8, 4) is 17.8 Å². The maximum atomic E-state index is 13.2. The Hall–Kier alpha value is -3.12. The van der Waals surface area contributed by atoms with E-state index in [1.807, 2.05) is 49.4 Å². The molecule has 0 saturated heterocycles. The molecule has 0 bridgehead atoms. The van der Waals surface area contributed by atoms with Gasteiger partial charge in [0.25, 0.3) is 5.56 Å². The molecule has 27 heavy (non-hydrogen) atoms. The van der Waals surface area contributed by atoms with Crippen LogP contribution in [0.25, 0.3) is 17.3 Å². The Labute approximate surface area is 165 Å². The van der Waals surface area contributed by atoms with Crippen LogP contribution in [0.4, 0.5) is 0 Å². The van der Waals surface area contributed by atoms with Crippen LogP contribution in [0.5, 0.6) is 0 Å². The number of hydrogen-bond donors (Lipinski definition) is 0. The van der Waals surface area contributed by atoms with Gasteiger partial charge >= 0.3 is 0 Å². The molecule has 0 aliphatic carbocycles. The Morgan fingerprint density at radius 1 is 1.19 bits per heavy atom. The van der Waals surface area contributed by atoms with Gasteiger partial charge < -0.3 is 0 Å². The van der Waals surface area contributed by atoms with Crippen LogP contribution in [0, 0.1) is 22.7 Å². The summed E-state index contributed by atoms with van der Waals surface area (Å²) < 4.78 is 2.22. The lowest BCUT2D eigenvalue weighted by atomic mass is 10.1. The Bertz CT molecular complexity index is 1260. The number of benzene rings is 2. The van der Waals surface area contributed by atoms with E-state index in [2.05, 4.69) is 0 Å². The van der Waals surface area contributed by atoms with E-state index in [0.717, 1.165) is 28.9 Å². The molecule has 3 aromatic rings. The van der Waals surface area contributed by atoms with Crippen molar-refractivity contribution in [2.45, 2.75) is 13.3 Å². The van der Waals surface area contributed by atoms with Crippen molar-refractivity contribution in [3.05, 3.63) is 84.2 Å². The monoisotopic (exact) mass is 391 g/mol. The van der Waals surface area contributed by atoms with Gasteiger partial charge in [-0.3, -0.25) is 9.36 Å². The molecule has 0 radical (unpaired) electrons. The quantitative estimate of drug-likeness (QED) is 0.688. The molecule has 0 atom stereocenters. The van der Waals surface area contributed by atoms with Crippen LogP contribution >= 0.6 is 22.9 Å². The van der Waals surface area contributed by atoms with Gasteiger partial charge in [0.1, 0.15) is 16.8 Å². The minimum Gasteiger partial charge on any atom is -0.267 e. The largest absolute Gasteiger partial charge is 0.273 e. The van der Waals surface area contributed by atoms with Gasteiger partial charge in [0.15, 0.2) is 5.57 Å². The third kappa shape index (κ3) is 3.71. The van der Waals surface area contributed by atoms with Gasteiger partial charge in [-0.05, 0) is 41.8 Å². The van der Waals surface area contributed by atoms with Crippen molar-refractivity contribution >= 4 is 34.6 Å². The molecule has 4 nitrogen and oxygen atoms in total. The third-order valence-corrected chi connectivity index (χ3v) is 5.35. The van der Waals surface area contributed by atoms with Crippen molar-refractivity contribution in [1.29, 1.82) is 10.5 Å². The molecule has 2 aromatic carbocycles. The first kappa shape index (κ1) is 18.7. The van der Waals surface area contributed by atoms with Gasteiger partial charge in [-0.25, -0.2) is 0 Å². The SMILES string of the molecule is CCc1ccccc1-n1c(=C(C#N)C#N)s/c(=C/c2cccc(Cl)c2)c1=O. The number of para-hydroxylation sites is 1. The highest BCUT2D eigenvalue weighted by atomic mass is 35.5. The fourth-order valence-corrected chi connectivity index (χ4v) is 4.01. The Balaban J connectivity index is 2.43. The van der Waals surface area contributed by atoms with Gasteiger partial charge in [-0.2, -0.15) is 10.5 Å². The van der Waals surface area contributed by atoms with Gasteiger partial charge in [0.05, 0.1) is 10.2 Å². The maximum Gasteiger partial charge on any atom is 0.273 e. The maximum absolute atomic E-state index is 13.2. The van der Waals surface area contributed by atoms with E-state index in [1.54, 1.807) is 24.3 Å². The van der Waals surface area contributed by atoms with Crippen molar-refractivity contribution in [1.82, 2.24) is 4.57 Å². The van der Waals surface area contributed by atoms with Crippen LogP contribution < -0.4 is 14.8 Å². The van der Waals surface area contributed by atoms with Crippen LogP contribution in [-0.2, 0) is 6.42 Å². The summed E-state index contributed by atoms with van der Waals surface area (Å²) in [5, 5.41) is 19.3. The predicted molar refractivity (Wildman–Crippen MR) is 108 cm³/mol. The minimum absolute atomic E-state index is 0.0891. The molecular weight excluding hydrogens is 378 g/mol. The molecule has 0 N–H and O–H groups in total. The molecule has 0 unspecified atom stereocenters. The molecule has 0 aliphatic rings. The number of thiazole rings is 1. The number of nitriles is 2. The predicted octanol–water partition coefficient (Wildman–Crippen LogP) is 3.14. The number of halogens is 1. The summed E-state index contributed by atoms with van der Waals surface area (Å²) in [6.07, 6.45) is 2.44. The van der Waals surface area contributed by atoms with Gasteiger partial charge in [0, 0.05) is 5.02 Å². The van der Waals surface area contributed by atoms with Crippen LogP contribution in [-0.4, -0.2) is 4.57 Å². The highest BCUT2D eigenvalue weighted by molar-refractivity contribution is 7.07. The van der Waals surface area contributed by atoms with E-state index in [9.17, 15) is 15.3 Å². The molecular formula is C21H14ClN3OS. The Kier molecular flexibility index (Phi) is 5.57. The summed E-state index contributed by atoms with van der Waals surface area (Å²) >= 11 is 7.16. The van der Waals surface area contributed by atoms with E-state index < -0.39 is 0 Å². The molecule has 6 heteroatoms. The number of rotatable bonds is 3. The molecule has 0 spiro atoms. The second-order valence-corrected chi connectivity index (χ2v) is 7.16. The van der Waals surface area contributed by atoms with E-state index in [4.69, 9.17) is 11.6 Å². The average Bonchev–Trinajstić information content (AvgIpc) is 2.99. The lowest BCUT2D eigenvalue weighted by Gasteiger charge is -2.08. The zero-order chi connectivity index (χ0) is 19.4. The second kappa shape index (κ2) is 8.05. The molecule has 3 rings (SSSR count). The highest BCUT2D eigenvalue weighted by Crippen LogP contribution is 2.13. The van der Waals surface area contributed by atoms with Crippen LogP contribution in [0.15, 0.2) is 53.3 Å². The highest BCUT2D eigenvalue weighted by Gasteiger charge is 2.13. The van der Waals surface area contributed by atoms with E-state index in [1.165, 1.54) is 4.57 Å². The van der Waals surface area contributed by atoms with Crippen molar-refractivity contribution in [3.63, 3.8) is 0 Å². The Morgan fingerprint density at radius 2 is 1.93 bits per heavy atom. The Morgan fingerprint density at radius 3 is 2.59 bits per heavy atom. The molecule has 0 aliphatic heterocycles. The van der Waals surface area contributed by atoms with Gasteiger partial charge in [-0.15, -0.1) is 11.3 Å². The second-order valence-electron chi connectivity index (χ2n) is 5.69. The van der Waals surface area contributed by atoms with E-state index in [-0.39, 0.29) is 11.1 Å². The number of aryl methyl sites for hydroxylation is 1. The summed E-state index contributed by atoms with van der Waals surface area (Å²) in [7, 11) is 0. The first-order valence-corrected chi connectivity index (χ1v) is 9.40. The lowest BCUT2D eigenvalue weighted by molar-refractivity contribution is 0.953. The fourth-order valence-electron chi connectivity index (χ4n) is 2.77. The molecule has 0 fully saturated rings. The smallest absolute Gasteiger partial charge is 0.267 e. The fraction of sp³-hybridized carbons (Fsp3) is 0.0952. The molecule has 1 aromatic heterocycles. The standard InChI is InChI=1S/C21H14ClN3OS/c1-2-15-7-3-4-9-18(15)25-20(26)19(27-21(25)16(12-23)13-24)11-14-6-5-8-17(22)10-14/h3-11H,2H2,1H3/b19-11+. The zero-order valence-electron chi connectivity index (χ0n) is 14.4. The normalized spacial score (nSPS) is 11.0. The summed E-state index contributed by atoms with van der Waals surface area (Å²) in [4.78, 5) is 13.2. The zero-order valence-corrected chi connectivity index (χ0v) is 16.0. The number of hydrogen-bond acceptors (Lipinski definition) is 4. The average molecular weight is 392 g/mol. The molecule has 0 amide bonds. The van der Waals surface area contributed by atoms with Crippen molar-refractivity contribution in [2.24, 2.45) is 0 Å². The lowest BCUT2D eigenvalue weighted by Crippen LogP contribution is -2.31. The summed E-state index contributed by atoms with van der Waals surface area (Å²) in [6, 6.07) is 18.4. The van der Waals surface area contributed by atoms with Crippen LogP contribution in [0.1, 0.15) is 18.1 Å². The van der Waals surface area contributed by atoms with Crippen LogP contribution in [0.2, 0.25) is 5.02 Å². The van der Waals surface area contributed by atoms with Crippen LogP contribution in [0.3, 0.4) is 0 Å². The molecule has 1 heterocycles. The number of nitrogens with zero attached hydrogens (tertiary/aromatic N) is 3. The third-order valence-electron chi connectivity index (χ3n) is 4.02. The van der Waals surface area contributed by atoms with Crippen molar-refractivity contribution in [2.75, 3.05) is 0 Å². The van der Waals surface area contributed by atoms with Gasteiger partial charge in [0.2, 0.25) is 0 Å². The summed E-state index contributed by atoms with van der Waals surface area (Å²) in [5.74, 6) is 0. The minimum atomic E-state index is -0.265. The molecule has 0 saturated carbocycles. The van der Waals surface area contributed by atoms with Gasteiger partial charge in [-0.1, -0.05) is 48.9 Å². The first-order valence-electron chi connectivity index (χ1n) is 8.21. The van der Waals surface area contributed by atoms with E-state index in [0.29, 0.717) is 19.9 Å². The van der Waals surface area contributed by atoms with Crippen molar-refractivity contribution < 1.29 is 0 Å². The molecule has 132 valence electrons. The first-order chi connectivity index (χ1) is 13.1. The number of aromatic nitrogens is 1. The summed E-state index contributed by atoms with van der Waals surface area (Å²) in [6.45, 7) is 1.99.